The number of aromatic nitrogens is 4. The molecule has 0 aliphatic carbocycles. The molecule has 734 valence electrons. The van der Waals surface area contributed by atoms with Gasteiger partial charge in [-0.1, -0.05) is 124 Å². The Bertz CT molecular complexity index is 8070. The zero-order valence-corrected chi connectivity index (χ0v) is 88.8. The number of carbonyl (C=O) groups excluding carboxylic acids is 7. The van der Waals surface area contributed by atoms with E-state index in [9.17, 15) is 33.6 Å². The molecule has 0 radical (unpaired) electrons. The highest BCUT2D eigenvalue weighted by atomic mass is 79.9. The maximum absolute atomic E-state index is 14.0. The average Bonchev–Trinajstić information content (AvgIpc) is 1.57. The van der Waals surface area contributed by atoms with Crippen molar-refractivity contribution in [3.63, 3.8) is 0 Å². The minimum Gasteiger partial charge on any atom is -0.497 e. The molecular formula is C111H88Br4N12O15S4. The molecule has 8 unspecified atom stereocenters. The highest BCUT2D eigenvalue weighted by molar-refractivity contribution is 9.11. The summed E-state index contributed by atoms with van der Waals surface area (Å²) >= 11 is 38.2. The molecule has 4 aromatic heterocycles. The Labute approximate surface area is 892 Å². The summed E-state index contributed by atoms with van der Waals surface area (Å²) < 4.78 is 45.7. The highest BCUT2D eigenvalue weighted by Gasteiger charge is 2.56. The number of hydrogen-bond donors (Lipinski definition) is 4. The largest absolute Gasteiger partial charge is 0.497 e. The number of esters is 3. The average molecular weight is 2280 g/mol. The summed E-state index contributed by atoms with van der Waals surface area (Å²) in [5.74, 6) is 2.48. The van der Waals surface area contributed by atoms with Gasteiger partial charge in [-0.2, -0.15) is 0 Å². The van der Waals surface area contributed by atoms with E-state index < -0.39 is 42.1 Å². The molecule has 24 rings (SSSR count). The van der Waals surface area contributed by atoms with Gasteiger partial charge in [0.25, 0.3) is 23.6 Å². The molecule has 12 aromatic carbocycles. The second kappa shape index (κ2) is 39.8. The topological polar surface area (TPSA) is 282 Å². The second-order valence-electron chi connectivity index (χ2n) is 35.7. The van der Waals surface area contributed by atoms with Crippen molar-refractivity contribution in [2.45, 2.75) is 80.9 Å². The molecule has 16 aromatic rings. The molecule has 8 aliphatic rings. The number of methoxy groups -OCH3 is 7. The van der Waals surface area contributed by atoms with Crippen molar-refractivity contribution in [1.82, 2.24) is 39.5 Å². The first-order valence-corrected chi connectivity index (χ1v) is 51.2. The van der Waals surface area contributed by atoms with Gasteiger partial charge in [-0.05, 0) is 294 Å². The third-order valence-electron chi connectivity index (χ3n) is 27.9. The van der Waals surface area contributed by atoms with Gasteiger partial charge in [0.15, 0.2) is 20.4 Å². The lowest BCUT2D eigenvalue weighted by Crippen LogP contribution is -2.44. The van der Waals surface area contributed by atoms with Crippen molar-refractivity contribution in [1.29, 1.82) is 0 Å². The van der Waals surface area contributed by atoms with Crippen LogP contribution in [0.4, 0.5) is 22.7 Å². The van der Waals surface area contributed by atoms with Gasteiger partial charge in [-0.25, -0.2) is 9.59 Å². The predicted molar refractivity (Wildman–Crippen MR) is 587 cm³/mol. The summed E-state index contributed by atoms with van der Waals surface area (Å²) in [6.07, 6.45) is 2.12. The fourth-order valence-electron chi connectivity index (χ4n) is 21.2. The van der Waals surface area contributed by atoms with Crippen LogP contribution < -0.4 is 48.0 Å². The molecule has 0 saturated carbocycles. The zero-order valence-electron chi connectivity index (χ0n) is 79.2. The number of carbonyl (C=O) groups is 7. The van der Waals surface area contributed by atoms with Crippen LogP contribution in [0.25, 0.3) is 43.6 Å². The predicted octanol–water partition coefficient (Wildman–Crippen LogP) is 21.9. The number of amides is 4. The second-order valence-corrected chi connectivity index (χ2v) is 40.9. The number of aromatic amines is 4. The van der Waals surface area contributed by atoms with Crippen LogP contribution in [0, 0.1) is 0 Å². The summed E-state index contributed by atoms with van der Waals surface area (Å²) in [6, 6.07) is 81.0. The molecule has 4 N–H and O–H groups in total. The normalized spacial score (nSPS) is 18.8. The van der Waals surface area contributed by atoms with Crippen molar-refractivity contribution >= 4 is 241 Å². The number of rotatable bonds is 16. The van der Waals surface area contributed by atoms with Crippen LogP contribution in [0.5, 0.6) is 34.5 Å². The number of nitrogens with one attached hydrogen (secondary N) is 4. The molecule has 27 nitrogen and oxygen atoms in total. The van der Waals surface area contributed by atoms with E-state index in [0.29, 0.717) is 91.5 Å². The molecule has 4 amide bonds. The van der Waals surface area contributed by atoms with Crippen LogP contribution >= 0.6 is 113 Å². The molecule has 12 heterocycles. The van der Waals surface area contributed by atoms with Crippen LogP contribution in [0.2, 0.25) is 0 Å². The van der Waals surface area contributed by atoms with E-state index in [1.165, 1.54) is 26.0 Å². The maximum Gasteiger partial charge on any atom is 0.337 e. The van der Waals surface area contributed by atoms with Gasteiger partial charge in [0.05, 0.1) is 108 Å². The van der Waals surface area contributed by atoms with Crippen LogP contribution in [0.3, 0.4) is 0 Å². The van der Waals surface area contributed by atoms with Gasteiger partial charge in [0, 0.05) is 123 Å². The van der Waals surface area contributed by atoms with Crippen LogP contribution in [-0.4, -0.2) is 175 Å². The number of fused-ring (bicyclic) bond motifs is 16. The van der Waals surface area contributed by atoms with Gasteiger partial charge in [-0.15, -0.1) is 0 Å². The fourth-order valence-corrected chi connectivity index (χ4v) is 24.3. The molecule has 8 aliphatic heterocycles. The van der Waals surface area contributed by atoms with Crippen molar-refractivity contribution in [3.05, 3.63) is 363 Å². The summed E-state index contributed by atoms with van der Waals surface area (Å²) in [4.78, 5) is 120. The Morgan fingerprint density at radius 1 is 0.295 bits per heavy atom. The van der Waals surface area contributed by atoms with Crippen molar-refractivity contribution in [3.8, 4) is 34.5 Å². The smallest absolute Gasteiger partial charge is 0.337 e. The number of hydrogen-bond acceptors (Lipinski definition) is 19. The number of halogens is 4. The Kier molecular flexibility index (Phi) is 26.6. The Morgan fingerprint density at radius 2 is 0.562 bits per heavy atom. The van der Waals surface area contributed by atoms with E-state index in [4.69, 9.17) is 86.8 Å². The lowest BCUT2D eigenvalue weighted by atomic mass is 9.89. The minimum absolute atomic E-state index is 0.0308. The van der Waals surface area contributed by atoms with Gasteiger partial charge < -0.3 is 77.4 Å². The number of thiocarbonyl (C=S) groups is 4. The van der Waals surface area contributed by atoms with E-state index >= 15 is 0 Å². The molecule has 35 heteroatoms. The first-order chi connectivity index (χ1) is 70.7. The zero-order chi connectivity index (χ0) is 102. The quantitative estimate of drug-likeness (QED) is 0.0397. The van der Waals surface area contributed by atoms with Gasteiger partial charge in [0.1, 0.15) is 58.7 Å². The highest BCUT2D eigenvalue weighted by Crippen LogP contribution is 2.53. The molecule has 146 heavy (non-hydrogen) atoms. The number of anilines is 4. The lowest BCUT2D eigenvalue weighted by Gasteiger charge is -2.37. The van der Waals surface area contributed by atoms with Crippen LogP contribution in [0.1, 0.15) is 119 Å². The third-order valence-corrected chi connectivity index (χ3v) is 31.4. The van der Waals surface area contributed by atoms with Crippen molar-refractivity contribution in [2.24, 2.45) is 0 Å². The molecule has 4 saturated heterocycles. The number of benzene rings is 12. The van der Waals surface area contributed by atoms with Crippen LogP contribution in [-0.2, 0) is 59.1 Å². The fraction of sp³-hybridized carbons (Fsp3) is 0.180. The summed E-state index contributed by atoms with van der Waals surface area (Å²) in [5.41, 5.74) is 19.9. The maximum atomic E-state index is 14.0. The molecule has 8 atom stereocenters. The number of H-pyrrole nitrogens is 4. The third kappa shape index (κ3) is 17.3. The van der Waals surface area contributed by atoms with E-state index in [1.807, 2.05) is 178 Å². The Balaban J connectivity index is 0.000000114. The number of ether oxygens (including phenoxy) is 8. The Hall–Kier alpha value is -14.4. The molecule has 0 spiro atoms. The number of nitrogens with zero attached hydrogens (tertiary/aromatic N) is 8. The molecule has 4 fully saturated rings. The first kappa shape index (κ1) is 97.6. The van der Waals surface area contributed by atoms with Gasteiger partial charge in [-0.3, -0.25) is 43.6 Å². The van der Waals surface area contributed by atoms with E-state index in [2.05, 4.69) is 119 Å². The van der Waals surface area contributed by atoms with E-state index in [0.717, 1.165) is 152 Å². The SMILES string of the molecule is COC(=O)c1ccc(N2C(=O)C3Cc4c([nH]c5ccc(Br)cc45)C(c4ccc(OC)cc4)N3C2=S)cc1.COC(=O)c1cccc(N2C(=O)C3Cc4c([nH]c5ccc(Br)cc45)C(c4ccc(OC)cc4)N3C2=S)c1.COc1ccc(C2c3[nH]c4ccc(Br)cc4c3CC3C(=O)N(c4ccc(OC(C)=O)cc4)C(=S)N32)cc1.COc1ccc(C2c3[nH]c4ccc(Br)cc4c3CC3C(=O)N(c4cccc(OC)c4)C(=S)N32)cc1. The first-order valence-electron chi connectivity index (χ1n) is 46.4. The lowest BCUT2D eigenvalue weighted by molar-refractivity contribution is -0.132. The molecular weight excluding hydrogens is 2190 g/mol. The van der Waals surface area contributed by atoms with Gasteiger partial charge >= 0.3 is 17.9 Å². The standard InChI is InChI=1S/3C28H22BrN3O4S.C27H22BrN3O3S/c1-15(33)36-20-10-6-18(7-11-20)31-27(34)24-14-22-21-13-17(29)5-12-23(21)30-25(22)26(32(24)28(31)37)16-3-8-19(35-2)9-4-16;1-35-19-10-5-15(6-11-19)25-24-21(20-13-17(29)7-12-22(20)30-24)14-23-26(33)31(28(37)32(23)25)18-8-3-16(4-9-18)27(34)36-2;1-35-19-9-6-15(7-10-19)25-24-21(20-13-17(29)8-11-22(20)30-24)14-23-26(33)31(28(37)32(23)25)18-5-3-4-16(12-18)27(34)36-2;1-33-18-9-6-15(7-10-18)25-24-21(20-12-16(28)8-11-22(20)29-24)14-23-26(32)30(27(35)31(23)25)17-4-3-5-19(13-17)34-2/h3-13,24,26,30H,14H2,1-2H3;2*3-13,23,25,30H,14H2,1-2H3;3-13,23,25,29H,14H2,1-2H3. The van der Waals surface area contributed by atoms with E-state index in [1.54, 1.807) is 123 Å². The summed E-state index contributed by atoms with van der Waals surface area (Å²) in [7, 11) is 10.8. The molecule has 0 bridgehead atoms. The van der Waals surface area contributed by atoms with Gasteiger partial charge in [0.2, 0.25) is 0 Å². The minimum atomic E-state index is -0.494. The van der Waals surface area contributed by atoms with Crippen LogP contribution in [0.15, 0.2) is 285 Å². The van der Waals surface area contributed by atoms with Crippen molar-refractivity contribution < 1.29 is 71.5 Å². The summed E-state index contributed by atoms with van der Waals surface area (Å²) in [5, 5.41) is 6.10. The Morgan fingerprint density at radius 3 is 0.849 bits per heavy atom. The van der Waals surface area contributed by atoms with E-state index in [-0.39, 0.29) is 47.8 Å². The monoisotopic (exact) mass is 2270 g/mol. The summed E-state index contributed by atoms with van der Waals surface area (Å²) in [6.45, 7) is 1.35. The van der Waals surface area contributed by atoms with Crippen molar-refractivity contribution in [2.75, 3.05) is 69.4 Å².